The summed E-state index contributed by atoms with van der Waals surface area (Å²) in [5.74, 6) is 0.672. The first kappa shape index (κ1) is 13.9. The zero-order valence-electron chi connectivity index (χ0n) is 11.9. The molecule has 3 rings (SSSR count). The monoisotopic (exact) mass is 289 g/mol. The minimum Gasteiger partial charge on any atom is -0.493 e. The van der Waals surface area contributed by atoms with Gasteiger partial charge >= 0.3 is 5.97 Å². The van der Waals surface area contributed by atoms with Gasteiger partial charge in [0.1, 0.15) is 5.75 Å². The van der Waals surface area contributed by atoms with Crippen LogP contribution in [0.25, 0.3) is 0 Å². The highest BCUT2D eigenvalue weighted by Gasteiger charge is 2.30. The van der Waals surface area contributed by atoms with Gasteiger partial charge in [-0.3, -0.25) is 9.59 Å². The number of carboxylic acids is 1. The standard InChI is InChI=1S/C16H19NO4/c18-15-6-3-12-9-13(21-8-7-16(19)20)4-5-14(12)17(15)10-11-1-2-11/h4-5,9,11H,1-3,6-8,10H2,(H,19,20). The highest BCUT2D eigenvalue weighted by Crippen LogP contribution is 2.36. The minimum absolute atomic E-state index is 0.0105. The fourth-order valence-corrected chi connectivity index (χ4v) is 2.64. The summed E-state index contributed by atoms with van der Waals surface area (Å²) >= 11 is 0. The Morgan fingerprint density at radius 1 is 1.33 bits per heavy atom. The van der Waals surface area contributed by atoms with Crippen LogP contribution in [0.1, 0.15) is 31.2 Å². The van der Waals surface area contributed by atoms with Crippen molar-refractivity contribution in [2.75, 3.05) is 18.1 Å². The van der Waals surface area contributed by atoms with Crippen LogP contribution in [0.3, 0.4) is 0 Å². The predicted molar refractivity (Wildman–Crippen MR) is 77.6 cm³/mol. The Hall–Kier alpha value is -2.04. The zero-order valence-corrected chi connectivity index (χ0v) is 11.9. The number of carbonyl (C=O) groups excluding carboxylic acids is 1. The van der Waals surface area contributed by atoms with Crippen molar-refractivity contribution in [3.8, 4) is 5.75 Å². The van der Waals surface area contributed by atoms with E-state index in [1.165, 1.54) is 12.8 Å². The van der Waals surface area contributed by atoms with Gasteiger partial charge in [0.05, 0.1) is 13.0 Å². The number of anilines is 1. The molecule has 21 heavy (non-hydrogen) atoms. The molecular formula is C16H19NO4. The third-order valence-electron chi connectivity index (χ3n) is 3.97. The van der Waals surface area contributed by atoms with Crippen LogP contribution < -0.4 is 9.64 Å². The van der Waals surface area contributed by atoms with Crippen LogP contribution in [-0.4, -0.2) is 30.1 Å². The Kier molecular flexibility index (Phi) is 3.82. The third-order valence-corrected chi connectivity index (χ3v) is 3.97. The molecule has 1 aromatic rings. The van der Waals surface area contributed by atoms with Gasteiger partial charge in [0, 0.05) is 18.7 Å². The van der Waals surface area contributed by atoms with Gasteiger partial charge in [-0.25, -0.2) is 0 Å². The maximum atomic E-state index is 12.1. The number of nitrogens with zero attached hydrogens (tertiary/aromatic N) is 1. The molecule has 0 atom stereocenters. The van der Waals surface area contributed by atoms with Gasteiger partial charge in [0.25, 0.3) is 0 Å². The van der Waals surface area contributed by atoms with Crippen LogP contribution in [0, 0.1) is 5.92 Å². The van der Waals surface area contributed by atoms with E-state index >= 15 is 0 Å². The summed E-state index contributed by atoms with van der Waals surface area (Å²) in [7, 11) is 0. The van der Waals surface area contributed by atoms with Gasteiger partial charge < -0.3 is 14.7 Å². The number of aryl methyl sites for hydroxylation is 1. The van der Waals surface area contributed by atoms with Crippen LogP contribution in [0.5, 0.6) is 5.75 Å². The number of hydrogen-bond acceptors (Lipinski definition) is 3. The Labute approximate surface area is 123 Å². The molecular weight excluding hydrogens is 270 g/mol. The Morgan fingerprint density at radius 2 is 2.14 bits per heavy atom. The predicted octanol–water partition coefficient (Wildman–Crippen LogP) is 2.23. The molecule has 0 bridgehead atoms. The van der Waals surface area contributed by atoms with E-state index in [0.717, 1.165) is 24.2 Å². The summed E-state index contributed by atoms with van der Waals surface area (Å²) in [6, 6.07) is 5.67. The van der Waals surface area contributed by atoms with Crippen molar-refractivity contribution in [3.05, 3.63) is 23.8 Å². The number of fused-ring (bicyclic) bond motifs is 1. The first-order valence-corrected chi connectivity index (χ1v) is 7.41. The maximum Gasteiger partial charge on any atom is 0.306 e. The third kappa shape index (κ3) is 3.35. The average Bonchev–Trinajstić information content (AvgIpc) is 3.26. The molecule has 1 amide bonds. The number of ether oxygens (including phenoxy) is 1. The molecule has 1 aromatic carbocycles. The number of aliphatic carboxylic acids is 1. The van der Waals surface area contributed by atoms with Gasteiger partial charge in [-0.1, -0.05) is 0 Å². The minimum atomic E-state index is -0.867. The van der Waals surface area contributed by atoms with Gasteiger partial charge in [-0.2, -0.15) is 0 Å². The van der Waals surface area contributed by atoms with Gasteiger partial charge in [0.15, 0.2) is 0 Å². The lowest BCUT2D eigenvalue weighted by atomic mass is 10.0. The molecule has 1 fully saturated rings. The highest BCUT2D eigenvalue weighted by atomic mass is 16.5. The second-order valence-electron chi connectivity index (χ2n) is 5.73. The molecule has 1 aliphatic heterocycles. The average molecular weight is 289 g/mol. The van der Waals surface area contributed by atoms with E-state index in [-0.39, 0.29) is 18.9 Å². The second-order valence-corrected chi connectivity index (χ2v) is 5.73. The summed E-state index contributed by atoms with van der Waals surface area (Å²) in [5, 5.41) is 8.61. The summed E-state index contributed by atoms with van der Waals surface area (Å²) in [6.45, 7) is 0.990. The molecule has 0 spiro atoms. The molecule has 112 valence electrons. The van der Waals surface area contributed by atoms with Crippen LogP contribution in [0.2, 0.25) is 0 Å². The van der Waals surface area contributed by atoms with E-state index < -0.39 is 5.97 Å². The number of carbonyl (C=O) groups is 2. The number of rotatable bonds is 6. The van der Waals surface area contributed by atoms with Crippen molar-refractivity contribution in [1.29, 1.82) is 0 Å². The lowest BCUT2D eigenvalue weighted by Gasteiger charge is -2.29. The number of hydrogen-bond donors (Lipinski definition) is 1. The van der Waals surface area contributed by atoms with Crippen molar-refractivity contribution >= 4 is 17.6 Å². The van der Waals surface area contributed by atoms with E-state index in [2.05, 4.69) is 0 Å². The van der Waals surface area contributed by atoms with E-state index in [0.29, 0.717) is 18.1 Å². The molecule has 5 heteroatoms. The zero-order chi connectivity index (χ0) is 14.8. The van der Waals surface area contributed by atoms with E-state index in [9.17, 15) is 9.59 Å². The molecule has 2 aliphatic rings. The fourth-order valence-electron chi connectivity index (χ4n) is 2.64. The first-order chi connectivity index (χ1) is 10.1. The van der Waals surface area contributed by atoms with Crippen LogP contribution >= 0.6 is 0 Å². The van der Waals surface area contributed by atoms with Crippen molar-refractivity contribution in [2.24, 2.45) is 5.92 Å². The van der Waals surface area contributed by atoms with E-state index in [1.807, 2.05) is 23.1 Å². The first-order valence-electron chi connectivity index (χ1n) is 7.41. The SMILES string of the molecule is O=C(O)CCOc1ccc2c(c1)CCC(=O)N2CC1CC1. The van der Waals surface area contributed by atoms with Crippen molar-refractivity contribution in [3.63, 3.8) is 0 Å². The lowest BCUT2D eigenvalue weighted by molar-refractivity contribution is -0.137. The fraction of sp³-hybridized carbons (Fsp3) is 0.500. The van der Waals surface area contributed by atoms with E-state index in [1.54, 1.807) is 0 Å². The normalized spacial score (nSPS) is 17.5. The Morgan fingerprint density at radius 3 is 2.86 bits per heavy atom. The maximum absolute atomic E-state index is 12.1. The summed E-state index contributed by atoms with van der Waals surface area (Å²) in [5.41, 5.74) is 2.10. The Balaban J connectivity index is 1.72. The smallest absolute Gasteiger partial charge is 0.306 e. The van der Waals surface area contributed by atoms with Crippen molar-refractivity contribution < 1.29 is 19.4 Å². The highest BCUT2D eigenvalue weighted by molar-refractivity contribution is 5.96. The molecule has 1 N–H and O–H groups in total. The number of benzene rings is 1. The van der Waals surface area contributed by atoms with Crippen molar-refractivity contribution in [1.82, 2.24) is 0 Å². The second kappa shape index (κ2) is 5.76. The van der Waals surface area contributed by atoms with E-state index in [4.69, 9.17) is 9.84 Å². The van der Waals surface area contributed by atoms with Gasteiger partial charge in [0.2, 0.25) is 5.91 Å². The van der Waals surface area contributed by atoms with Gasteiger partial charge in [-0.05, 0) is 48.9 Å². The van der Waals surface area contributed by atoms with Crippen LogP contribution in [0.4, 0.5) is 5.69 Å². The quantitative estimate of drug-likeness (QED) is 0.872. The van der Waals surface area contributed by atoms with Crippen molar-refractivity contribution in [2.45, 2.75) is 32.1 Å². The van der Waals surface area contributed by atoms with Crippen LogP contribution in [-0.2, 0) is 16.0 Å². The molecule has 1 saturated carbocycles. The molecule has 5 nitrogen and oxygen atoms in total. The lowest BCUT2D eigenvalue weighted by Crippen LogP contribution is -2.36. The molecule has 0 radical (unpaired) electrons. The van der Waals surface area contributed by atoms with Crippen LogP contribution in [0.15, 0.2) is 18.2 Å². The largest absolute Gasteiger partial charge is 0.493 e. The summed E-state index contributed by atoms with van der Waals surface area (Å²) in [6.07, 6.45) is 3.69. The molecule has 0 unspecified atom stereocenters. The Bertz CT molecular complexity index is 565. The number of amides is 1. The van der Waals surface area contributed by atoms with Gasteiger partial charge in [-0.15, -0.1) is 0 Å². The summed E-state index contributed by atoms with van der Waals surface area (Å²) < 4.78 is 5.45. The number of carboxylic acid groups (broad SMARTS) is 1. The molecule has 0 aromatic heterocycles. The molecule has 0 saturated heterocycles. The topological polar surface area (TPSA) is 66.8 Å². The summed E-state index contributed by atoms with van der Waals surface area (Å²) in [4.78, 5) is 24.5. The molecule has 1 heterocycles. The molecule has 1 aliphatic carbocycles.